The van der Waals surface area contributed by atoms with E-state index in [9.17, 15) is 13.2 Å². The minimum absolute atomic E-state index is 0.0386. The normalized spacial score (nSPS) is 18.0. The lowest BCUT2D eigenvalue weighted by Gasteiger charge is -2.18. The van der Waals surface area contributed by atoms with Crippen LogP contribution in [0.1, 0.15) is 19.3 Å². The first-order chi connectivity index (χ1) is 11.5. The monoisotopic (exact) mass is 354 g/mol. The molecule has 0 saturated heterocycles. The van der Waals surface area contributed by atoms with Crippen LogP contribution in [0.4, 0.5) is 0 Å². The quantitative estimate of drug-likeness (QED) is 0.737. The molecule has 1 aromatic rings. The molecule has 0 aromatic heterocycles. The van der Waals surface area contributed by atoms with Crippen LogP contribution >= 0.6 is 0 Å². The van der Waals surface area contributed by atoms with Crippen molar-refractivity contribution in [3.8, 4) is 11.5 Å². The maximum atomic E-state index is 12.4. The fourth-order valence-electron chi connectivity index (χ4n) is 2.57. The smallest absolute Gasteiger partial charge is 0.221 e. The Bertz CT molecular complexity index is 715. The number of amides is 1. The maximum absolute atomic E-state index is 12.4. The van der Waals surface area contributed by atoms with Gasteiger partial charge in [0.25, 0.3) is 0 Å². The average Bonchev–Trinajstić information content (AvgIpc) is 3.42. The number of nitrogens with one attached hydrogen (secondary N) is 1. The van der Waals surface area contributed by atoms with Gasteiger partial charge in [-0.15, -0.1) is 0 Å². The summed E-state index contributed by atoms with van der Waals surface area (Å²) in [7, 11) is -3.56. The Balaban J connectivity index is 1.54. The molecular formula is C16H22N2O5S. The van der Waals surface area contributed by atoms with Crippen LogP contribution < -0.4 is 20.5 Å². The van der Waals surface area contributed by atoms with Gasteiger partial charge in [0.2, 0.25) is 5.91 Å². The van der Waals surface area contributed by atoms with Gasteiger partial charge in [-0.05, 0) is 30.9 Å². The standard InChI is InChI=1S/C16H22N2O5S/c17-13(11-1-2-11)10-18-16(19)5-8-24(20,21)12-3-4-14-15(9-12)23-7-6-22-14/h3-4,9,11,13H,1-2,5-8,10,17H2,(H,18,19). The summed E-state index contributed by atoms with van der Waals surface area (Å²) in [6.45, 7) is 1.23. The Morgan fingerprint density at radius 1 is 1.25 bits per heavy atom. The zero-order valence-electron chi connectivity index (χ0n) is 13.4. The molecule has 1 heterocycles. The molecular weight excluding hydrogens is 332 g/mol. The molecule has 2 aliphatic rings. The van der Waals surface area contributed by atoms with Crippen LogP contribution in [0, 0.1) is 5.92 Å². The van der Waals surface area contributed by atoms with E-state index in [4.69, 9.17) is 15.2 Å². The van der Waals surface area contributed by atoms with Crippen molar-refractivity contribution in [3.05, 3.63) is 18.2 Å². The van der Waals surface area contributed by atoms with Crippen LogP contribution in [0.2, 0.25) is 0 Å². The lowest BCUT2D eigenvalue weighted by atomic mass is 10.2. The van der Waals surface area contributed by atoms with E-state index in [1.165, 1.54) is 12.1 Å². The zero-order chi connectivity index (χ0) is 17.2. The van der Waals surface area contributed by atoms with Crippen LogP contribution in [0.3, 0.4) is 0 Å². The lowest BCUT2D eigenvalue weighted by Crippen LogP contribution is -2.39. The third kappa shape index (κ3) is 4.18. The Hall–Kier alpha value is -1.80. The molecule has 0 radical (unpaired) electrons. The highest BCUT2D eigenvalue weighted by molar-refractivity contribution is 7.91. The fraction of sp³-hybridized carbons (Fsp3) is 0.562. The summed E-state index contributed by atoms with van der Waals surface area (Å²) < 4.78 is 35.5. The van der Waals surface area contributed by atoms with Gasteiger partial charge < -0.3 is 20.5 Å². The molecule has 1 aromatic carbocycles. The second-order valence-electron chi connectivity index (χ2n) is 6.18. The fourth-order valence-corrected chi connectivity index (χ4v) is 3.82. The van der Waals surface area contributed by atoms with Gasteiger partial charge in [-0.1, -0.05) is 0 Å². The van der Waals surface area contributed by atoms with E-state index < -0.39 is 9.84 Å². The number of benzene rings is 1. The summed E-state index contributed by atoms with van der Waals surface area (Å²) in [6, 6.07) is 4.47. The number of ether oxygens (including phenoxy) is 2. The highest BCUT2D eigenvalue weighted by Gasteiger charge is 2.28. The zero-order valence-corrected chi connectivity index (χ0v) is 14.2. The van der Waals surface area contributed by atoms with Crippen molar-refractivity contribution < 1.29 is 22.7 Å². The largest absolute Gasteiger partial charge is 0.486 e. The third-order valence-electron chi connectivity index (χ3n) is 4.23. The predicted octanol–water partition coefficient (Wildman–Crippen LogP) is 0.475. The molecule has 1 amide bonds. The van der Waals surface area contributed by atoms with Gasteiger partial charge in [0.1, 0.15) is 13.2 Å². The molecule has 1 fully saturated rings. The summed E-state index contributed by atoms with van der Waals surface area (Å²) in [5.74, 6) is 0.894. The predicted molar refractivity (Wildman–Crippen MR) is 87.8 cm³/mol. The summed E-state index contributed by atoms with van der Waals surface area (Å²) in [6.07, 6.45) is 2.12. The first-order valence-corrected chi connectivity index (χ1v) is 9.75. The molecule has 1 aliphatic carbocycles. The van der Waals surface area contributed by atoms with Gasteiger partial charge >= 0.3 is 0 Å². The van der Waals surface area contributed by atoms with E-state index in [1.807, 2.05) is 0 Å². The van der Waals surface area contributed by atoms with Crippen molar-refractivity contribution in [3.63, 3.8) is 0 Å². The molecule has 24 heavy (non-hydrogen) atoms. The van der Waals surface area contributed by atoms with E-state index in [0.717, 1.165) is 12.8 Å². The number of carbonyl (C=O) groups is 1. The molecule has 1 unspecified atom stereocenters. The topological polar surface area (TPSA) is 108 Å². The number of hydrogen-bond acceptors (Lipinski definition) is 6. The van der Waals surface area contributed by atoms with Crippen LogP contribution in [-0.4, -0.2) is 45.9 Å². The van der Waals surface area contributed by atoms with Crippen molar-refractivity contribution in [2.24, 2.45) is 11.7 Å². The van der Waals surface area contributed by atoms with Crippen LogP contribution in [-0.2, 0) is 14.6 Å². The molecule has 8 heteroatoms. The molecule has 1 saturated carbocycles. The first kappa shape index (κ1) is 17.0. The summed E-state index contributed by atoms with van der Waals surface area (Å²) in [5.41, 5.74) is 5.91. The minimum atomic E-state index is -3.56. The van der Waals surface area contributed by atoms with Gasteiger partial charge in [0, 0.05) is 25.1 Å². The van der Waals surface area contributed by atoms with Crippen molar-refractivity contribution in [2.75, 3.05) is 25.5 Å². The van der Waals surface area contributed by atoms with Crippen LogP contribution in [0.25, 0.3) is 0 Å². The number of rotatable bonds is 7. The van der Waals surface area contributed by atoms with Crippen molar-refractivity contribution in [1.29, 1.82) is 0 Å². The highest BCUT2D eigenvalue weighted by Crippen LogP contribution is 2.33. The number of nitrogens with two attached hydrogens (primary N) is 1. The number of fused-ring (bicyclic) bond motifs is 1. The molecule has 7 nitrogen and oxygen atoms in total. The highest BCUT2D eigenvalue weighted by atomic mass is 32.2. The minimum Gasteiger partial charge on any atom is -0.486 e. The third-order valence-corrected chi connectivity index (χ3v) is 5.95. The number of hydrogen-bond donors (Lipinski definition) is 2. The van der Waals surface area contributed by atoms with E-state index in [0.29, 0.717) is 37.2 Å². The van der Waals surface area contributed by atoms with Gasteiger partial charge in [0.05, 0.1) is 10.6 Å². The van der Waals surface area contributed by atoms with E-state index >= 15 is 0 Å². The first-order valence-electron chi connectivity index (χ1n) is 8.10. The average molecular weight is 354 g/mol. The van der Waals surface area contributed by atoms with Crippen molar-refractivity contribution in [2.45, 2.75) is 30.2 Å². The lowest BCUT2D eigenvalue weighted by molar-refractivity contribution is -0.120. The van der Waals surface area contributed by atoms with Gasteiger partial charge in [0.15, 0.2) is 21.3 Å². The summed E-state index contributed by atoms with van der Waals surface area (Å²) in [4.78, 5) is 12.0. The Morgan fingerprint density at radius 2 is 1.96 bits per heavy atom. The van der Waals surface area contributed by atoms with Crippen LogP contribution in [0.15, 0.2) is 23.1 Å². The molecule has 3 N–H and O–H groups in total. The van der Waals surface area contributed by atoms with Gasteiger partial charge in [-0.2, -0.15) is 0 Å². The molecule has 132 valence electrons. The van der Waals surface area contributed by atoms with Crippen molar-refractivity contribution in [1.82, 2.24) is 5.32 Å². The molecule has 3 rings (SSSR count). The Labute approximate surface area is 141 Å². The molecule has 1 aliphatic heterocycles. The Morgan fingerprint density at radius 3 is 2.67 bits per heavy atom. The van der Waals surface area contributed by atoms with Gasteiger partial charge in [-0.3, -0.25) is 4.79 Å². The maximum Gasteiger partial charge on any atom is 0.221 e. The van der Waals surface area contributed by atoms with E-state index in [-0.39, 0.29) is 29.0 Å². The van der Waals surface area contributed by atoms with Crippen molar-refractivity contribution >= 4 is 15.7 Å². The number of carbonyl (C=O) groups excluding carboxylic acids is 1. The number of sulfone groups is 1. The second-order valence-corrected chi connectivity index (χ2v) is 8.29. The summed E-state index contributed by atoms with van der Waals surface area (Å²) in [5, 5.41) is 2.70. The van der Waals surface area contributed by atoms with Gasteiger partial charge in [-0.25, -0.2) is 8.42 Å². The molecule has 0 spiro atoms. The summed E-state index contributed by atoms with van der Waals surface area (Å²) >= 11 is 0. The molecule has 1 atom stereocenters. The van der Waals surface area contributed by atoms with Crippen LogP contribution in [0.5, 0.6) is 11.5 Å². The molecule has 0 bridgehead atoms. The Kier molecular flexibility index (Phi) is 4.96. The SMILES string of the molecule is NC(CNC(=O)CCS(=O)(=O)c1ccc2c(c1)OCCO2)C1CC1. The van der Waals surface area contributed by atoms with E-state index in [1.54, 1.807) is 6.07 Å². The van der Waals surface area contributed by atoms with E-state index in [2.05, 4.69) is 5.32 Å². The second kappa shape index (κ2) is 6.98.